The number of amides is 1. The van der Waals surface area contributed by atoms with E-state index in [0.717, 1.165) is 36.6 Å². The average molecular weight is 501 g/mol. The highest BCUT2D eigenvalue weighted by atomic mass is 127. The number of nitrogens with zero attached hydrogens (tertiary/aromatic N) is 3. The number of carbonyl (C=O) groups excluding carboxylic acids is 1. The number of likely N-dealkylation sites (tertiary alicyclic amines) is 1. The highest BCUT2D eigenvalue weighted by Crippen LogP contribution is 2.15. The standard InChI is InChI=1S/C21H35N5O.HI/c1-5-12-26-13-10-18(16-26)15-24-21(22-2)23-11-9-17-7-6-8-19(14-17)20(27)25(3)4;/h6-8,14,18H,5,9-13,15-16H2,1-4H3,(H2,22,23,24);1H. The van der Waals surface area contributed by atoms with Crippen LogP contribution < -0.4 is 10.6 Å². The molecule has 0 spiro atoms. The van der Waals surface area contributed by atoms with Crippen molar-refractivity contribution >= 4 is 35.8 Å². The monoisotopic (exact) mass is 501 g/mol. The molecule has 7 heteroatoms. The Morgan fingerprint density at radius 3 is 2.79 bits per heavy atom. The molecule has 1 amide bonds. The normalized spacial score (nSPS) is 17.1. The van der Waals surface area contributed by atoms with Crippen molar-refractivity contribution in [1.29, 1.82) is 0 Å². The van der Waals surface area contributed by atoms with Crippen molar-refractivity contribution in [2.24, 2.45) is 10.9 Å². The maximum atomic E-state index is 12.1. The number of guanidine groups is 1. The van der Waals surface area contributed by atoms with Gasteiger partial charge in [0.25, 0.3) is 5.91 Å². The summed E-state index contributed by atoms with van der Waals surface area (Å²) < 4.78 is 0. The lowest BCUT2D eigenvalue weighted by atomic mass is 10.1. The van der Waals surface area contributed by atoms with E-state index < -0.39 is 0 Å². The molecule has 1 unspecified atom stereocenters. The molecular weight excluding hydrogens is 465 g/mol. The minimum Gasteiger partial charge on any atom is -0.356 e. The number of aliphatic imine (C=N–C) groups is 1. The van der Waals surface area contributed by atoms with Crippen molar-refractivity contribution in [1.82, 2.24) is 20.4 Å². The predicted octanol–water partition coefficient (Wildman–Crippen LogP) is 2.45. The van der Waals surface area contributed by atoms with Crippen LogP contribution in [0.5, 0.6) is 0 Å². The fraction of sp³-hybridized carbons (Fsp3) is 0.619. The summed E-state index contributed by atoms with van der Waals surface area (Å²) in [6.45, 7) is 7.60. The van der Waals surface area contributed by atoms with Gasteiger partial charge in [0, 0.05) is 46.3 Å². The number of hydrogen-bond acceptors (Lipinski definition) is 3. The molecule has 1 aromatic rings. The maximum Gasteiger partial charge on any atom is 0.253 e. The van der Waals surface area contributed by atoms with E-state index in [1.165, 1.54) is 32.5 Å². The van der Waals surface area contributed by atoms with Crippen LogP contribution in [-0.2, 0) is 6.42 Å². The molecule has 2 N–H and O–H groups in total. The molecule has 6 nitrogen and oxygen atoms in total. The number of benzene rings is 1. The second-order valence-corrected chi connectivity index (χ2v) is 7.49. The molecule has 1 saturated heterocycles. The van der Waals surface area contributed by atoms with Crippen LogP contribution in [-0.4, -0.2) is 75.5 Å². The Morgan fingerprint density at radius 2 is 2.11 bits per heavy atom. The van der Waals surface area contributed by atoms with Gasteiger partial charge in [0.05, 0.1) is 0 Å². The van der Waals surface area contributed by atoms with Crippen LogP contribution in [0, 0.1) is 5.92 Å². The molecule has 0 aromatic heterocycles. The summed E-state index contributed by atoms with van der Waals surface area (Å²) >= 11 is 0. The molecule has 0 bridgehead atoms. The van der Waals surface area contributed by atoms with Crippen LogP contribution in [0.3, 0.4) is 0 Å². The first kappa shape index (κ1) is 24.7. The topological polar surface area (TPSA) is 60.0 Å². The van der Waals surface area contributed by atoms with Gasteiger partial charge in [-0.15, -0.1) is 24.0 Å². The molecule has 1 aliphatic rings. The second kappa shape index (κ2) is 13.0. The summed E-state index contributed by atoms with van der Waals surface area (Å²) in [6, 6.07) is 7.84. The molecule has 158 valence electrons. The Hall–Kier alpha value is -1.35. The predicted molar refractivity (Wildman–Crippen MR) is 128 cm³/mol. The Balaban J connectivity index is 0.00000392. The van der Waals surface area contributed by atoms with Gasteiger partial charge in [0.2, 0.25) is 0 Å². The number of carbonyl (C=O) groups is 1. The van der Waals surface area contributed by atoms with Crippen molar-refractivity contribution in [3.63, 3.8) is 0 Å². The lowest BCUT2D eigenvalue weighted by molar-refractivity contribution is 0.0827. The van der Waals surface area contributed by atoms with Crippen LogP contribution in [0.2, 0.25) is 0 Å². The minimum atomic E-state index is 0. The second-order valence-electron chi connectivity index (χ2n) is 7.49. The summed E-state index contributed by atoms with van der Waals surface area (Å²) in [4.78, 5) is 20.6. The molecule has 1 fully saturated rings. The molecule has 2 rings (SSSR count). The zero-order chi connectivity index (χ0) is 19.6. The number of nitrogens with one attached hydrogen (secondary N) is 2. The Morgan fingerprint density at radius 1 is 1.32 bits per heavy atom. The summed E-state index contributed by atoms with van der Waals surface area (Å²) in [6.07, 6.45) is 3.34. The Bertz CT molecular complexity index is 635. The van der Waals surface area contributed by atoms with Crippen LogP contribution in [0.25, 0.3) is 0 Å². The van der Waals surface area contributed by atoms with E-state index in [-0.39, 0.29) is 29.9 Å². The van der Waals surface area contributed by atoms with Crippen LogP contribution >= 0.6 is 24.0 Å². The van der Waals surface area contributed by atoms with Crippen molar-refractivity contribution in [2.45, 2.75) is 26.2 Å². The molecule has 0 aliphatic carbocycles. The molecule has 1 aliphatic heterocycles. The van der Waals surface area contributed by atoms with E-state index in [2.05, 4.69) is 33.5 Å². The summed E-state index contributed by atoms with van der Waals surface area (Å²) in [7, 11) is 5.36. The maximum absolute atomic E-state index is 12.1. The third-order valence-electron chi connectivity index (χ3n) is 4.98. The summed E-state index contributed by atoms with van der Waals surface area (Å²) in [5, 5.41) is 6.84. The zero-order valence-corrected chi connectivity index (χ0v) is 20.0. The molecule has 0 saturated carbocycles. The molecule has 1 heterocycles. The zero-order valence-electron chi connectivity index (χ0n) is 17.7. The SMILES string of the molecule is CCCN1CCC(CNC(=NC)NCCc2cccc(C(=O)N(C)C)c2)C1.I. The molecule has 0 radical (unpaired) electrons. The Labute approximate surface area is 187 Å². The van der Waals surface area contributed by atoms with Gasteiger partial charge in [-0.05, 0) is 56.0 Å². The highest BCUT2D eigenvalue weighted by Gasteiger charge is 2.21. The van der Waals surface area contributed by atoms with Gasteiger partial charge >= 0.3 is 0 Å². The summed E-state index contributed by atoms with van der Waals surface area (Å²) in [5.74, 6) is 1.59. The fourth-order valence-electron chi connectivity index (χ4n) is 3.50. The Kier molecular flexibility index (Phi) is 11.4. The summed E-state index contributed by atoms with van der Waals surface area (Å²) in [5.41, 5.74) is 1.88. The third kappa shape index (κ3) is 7.95. The molecule has 1 aromatic carbocycles. The quantitative estimate of drug-likeness (QED) is 0.327. The van der Waals surface area contributed by atoms with E-state index in [1.54, 1.807) is 19.0 Å². The number of rotatable bonds is 8. The van der Waals surface area contributed by atoms with Crippen molar-refractivity contribution < 1.29 is 4.79 Å². The first-order valence-electron chi connectivity index (χ1n) is 10.0. The van der Waals surface area contributed by atoms with Gasteiger partial charge in [-0.1, -0.05) is 19.1 Å². The molecule has 1 atom stereocenters. The number of hydrogen-bond donors (Lipinski definition) is 2. The van der Waals surface area contributed by atoms with E-state index in [0.29, 0.717) is 5.92 Å². The third-order valence-corrected chi connectivity index (χ3v) is 4.98. The first-order valence-corrected chi connectivity index (χ1v) is 10.0. The van der Waals surface area contributed by atoms with Gasteiger partial charge < -0.3 is 20.4 Å². The lowest BCUT2D eigenvalue weighted by Crippen LogP contribution is -2.41. The van der Waals surface area contributed by atoms with Crippen molar-refractivity contribution in [3.05, 3.63) is 35.4 Å². The fourth-order valence-corrected chi connectivity index (χ4v) is 3.50. The van der Waals surface area contributed by atoms with Crippen LogP contribution in [0.4, 0.5) is 0 Å². The van der Waals surface area contributed by atoms with Gasteiger partial charge in [-0.25, -0.2) is 0 Å². The van der Waals surface area contributed by atoms with Gasteiger partial charge in [-0.2, -0.15) is 0 Å². The lowest BCUT2D eigenvalue weighted by Gasteiger charge is -2.17. The smallest absolute Gasteiger partial charge is 0.253 e. The number of halogens is 1. The van der Waals surface area contributed by atoms with Gasteiger partial charge in [0.1, 0.15) is 0 Å². The van der Waals surface area contributed by atoms with E-state index in [1.807, 2.05) is 25.2 Å². The van der Waals surface area contributed by atoms with E-state index >= 15 is 0 Å². The highest BCUT2D eigenvalue weighted by molar-refractivity contribution is 14.0. The van der Waals surface area contributed by atoms with Gasteiger partial charge in [-0.3, -0.25) is 9.79 Å². The van der Waals surface area contributed by atoms with E-state index in [4.69, 9.17) is 0 Å². The van der Waals surface area contributed by atoms with Gasteiger partial charge in [0.15, 0.2) is 5.96 Å². The minimum absolute atomic E-state index is 0. The average Bonchev–Trinajstić information content (AvgIpc) is 3.12. The molecular formula is C21H36IN5O. The molecule has 28 heavy (non-hydrogen) atoms. The van der Waals surface area contributed by atoms with Crippen LogP contribution in [0.15, 0.2) is 29.3 Å². The van der Waals surface area contributed by atoms with E-state index in [9.17, 15) is 4.79 Å². The largest absolute Gasteiger partial charge is 0.356 e. The van der Waals surface area contributed by atoms with Crippen molar-refractivity contribution in [2.75, 3.05) is 53.9 Å². The van der Waals surface area contributed by atoms with Crippen molar-refractivity contribution in [3.8, 4) is 0 Å². The van der Waals surface area contributed by atoms with Crippen LogP contribution in [0.1, 0.15) is 35.7 Å². The first-order chi connectivity index (χ1) is 13.0.